The van der Waals surface area contributed by atoms with Crippen molar-refractivity contribution in [3.05, 3.63) is 42.0 Å². The van der Waals surface area contributed by atoms with Gasteiger partial charge in [-0.15, -0.1) is 0 Å². The Bertz CT molecular complexity index is 756. The molecular formula is C26H36O2. The van der Waals surface area contributed by atoms with Gasteiger partial charge in [0.2, 0.25) is 0 Å². The third-order valence-corrected chi connectivity index (χ3v) is 6.32. The zero-order valence-corrected chi connectivity index (χ0v) is 17.7. The van der Waals surface area contributed by atoms with Crippen LogP contribution >= 0.6 is 0 Å². The van der Waals surface area contributed by atoms with Crippen LogP contribution in [0.1, 0.15) is 96.0 Å². The second kappa shape index (κ2) is 10.6. The molecule has 152 valence electrons. The summed E-state index contributed by atoms with van der Waals surface area (Å²) in [4.78, 5) is 12.0. The van der Waals surface area contributed by atoms with Crippen LogP contribution in [0.2, 0.25) is 0 Å². The van der Waals surface area contributed by atoms with Gasteiger partial charge in [0.05, 0.1) is 0 Å². The van der Waals surface area contributed by atoms with Gasteiger partial charge in [-0.05, 0) is 72.4 Å². The summed E-state index contributed by atoms with van der Waals surface area (Å²) in [6.45, 7) is 4.48. The molecular weight excluding hydrogens is 344 g/mol. The fraction of sp³-hybridized carbons (Fsp3) is 0.577. The van der Waals surface area contributed by atoms with Crippen LogP contribution in [0.5, 0.6) is 5.75 Å². The minimum Gasteiger partial charge on any atom is -0.427 e. The molecule has 0 bridgehead atoms. The number of fused-ring (bicyclic) bond motifs is 1. The maximum absolute atomic E-state index is 12.0. The lowest BCUT2D eigenvalue weighted by atomic mass is 9.77. The Kier molecular flexibility index (Phi) is 7.94. The van der Waals surface area contributed by atoms with E-state index in [0.29, 0.717) is 18.1 Å². The summed E-state index contributed by atoms with van der Waals surface area (Å²) in [5.41, 5.74) is 1.48. The van der Waals surface area contributed by atoms with E-state index in [1.165, 1.54) is 62.3 Å². The molecule has 0 atom stereocenters. The summed E-state index contributed by atoms with van der Waals surface area (Å²) in [7, 11) is 0. The molecule has 2 aromatic carbocycles. The Hall–Kier alpha value is -1.83. The second-order valence-corrected chi connectivity index (χ2v) is 8.56. The monoisotopic (exact) mass is 380 g/mol. The van der Waals surface area contributed by atoms with Crippen LogP contribution in [0.3, 0.4) is 0 Å². The molecule has 2 nitrogen and oxygen atoms in total. The fourth-order valence-corrected chi connectivity index (χ4v) is 4.63. The number of rotatable bonds is 9. The molecule has 28 heavy (non-hydrogen) atoms. The fourth-order valence-electron chi connectivity index (χ4n) is 4.63. The Labute approximate surface area is 170 Å². The Morgan fingerprint density at radius 3 is 2.39 bits per heavy atom. The van der Waals surface area contributed by atoms with E-state index in [1.54, 1.807) is 0 Å². The van der Waals surface area contributed by atoms with Gasteiger partial charge in [-0.1, -0.05) is 70.2 Å². The van der Waals surface area contributed by atoms with Crippen LogP contribution in [0, 0.1) is 5.92 Å². The lowest BCUT2D eigenvalue weighted by molar-refractivity contribution is -0.134. The van der Waals surface area contributed by atoms with Crippen molar-refractivity contribution in [3.63, 3.8) is 0 Å². The maximum Gasteiger partial charge on any atom is 0.311 e. The molecule has 1 saturated carbocycles. The first-order valence-corrected chi connectivity index (χ1v) is 11.4. The first-order chi connectivity index (χ1) is 13.7. The van der Waals surface area contributed by atoms with Crippen molar-refractivity contribution in [3.8, 4) is 5.75 Å². The summed E-state index contributed by atoms with van der Waals surface area (Å²) >= 11 is 0. The quantitative estimate of drug-likeness (QED) is 0.252. The Balaban J connectivity index is 1.58. The molecule has 1 aliphatic carbocycles. The first-order valence-electron chi connectivity index (χ1n) is 11.4. The van der Waals surface area contributed by atoms with E-state index >= 15 is 0 Å². The molecule has 0 aromatic heterocycles. The number of unbranched alkanes of at least 4 members (excludes halogenated alkanes) is 3. The predicted octanol–water partition coefficient (Wildman–Crippen LogP) is 7.79. The van der Waals surface area contributed by atoms with Gasteiger partial charge in [-0.2, -0.15) is 0 Å². The third-order valence-electron chi connectivity index (χ3n) is 6.32. The van der Waals surface area contributed by atoms with Gasteiger partial charge in [-0.25, -0.2) is 0 Å². The summed E-state index contributed by atoms with van der Waals surface area (Å²) < 4.78 is 5.55. The van der Waals surface area contributed by atoms with E-state index in [2.05, 4.69) is 38.1 Å². The van der Waals surface area contributed by atoms with Crippen LogP contribution in [-0.4, -0.2) is 5.97 Å². The van der Waals surface area contributed by atoms with Crippen molar-refractivity contribution in [2.24, 2.45) is 5.92 Å². The number of hydrogen-bond acceptors (Lipinski definition) is 2. The summed E-state index contributed by atoms with van der Waals surface area (Å²) in [5.74, 6) is 2.20. The van der Waals surface area contributed by atoms with Gasteiger partial charge in [0.25, 0.3) is 0 Å². The number of ether oxygens (including phenoxy) is 1. The standard InChI is InChI=1S/C26H36O2/c1-3-5-6-7-9-26(27)28-25-17-16-23-18-22(14-15-24(23)19-25)21-12-10-20(8-4-2)11-13-21/h14-21H,3-13H2,1-2H3/t20-,21-. The topological polar surface area (TPSA) is 26.3 Å². The smallest absolute Gasteiger partial charge is 0.311 e. The van der Waals surface area contributed by atoms with Gasteiger partial charge in [0.15, 0.2) is 0 Å². The molecule has 0 unspecified atom stereocenters. The van der Waals surface area contributed by atoms with E-state index < -0.39 is 0 Å². The summed E-state index contributed by atoms with van der Waals surface area (Å²) in [6, 6.07) is 12.9. The third kappa shape index (κ3) is 5.83. The van der Waals surface area contributed by atoms with Crippen molar-refractivity contribution in [1.82, 2.24) is 0 Å². The number of esters is 1. The molecule has 0 N–H and O–H groups in total. The normalized spacial score (nSPS) is 19.6. The predicted molar refractivity (Wildman–Crippen MR) is 118 cm³/mol. The molecule has 0 saturated heterocycles. The van der Waals surface area contributed by atoms with E-state index in [0.717, 1.165) is 24.1 Å². The zero-order chi connectivity index (χ0) is 19.8. The van der Waals surface area contributed by atoms with Gasteiger partial charge < -0.3 is 4.74 Å². The average Bonchev–Trinajstić information content (AvgIpc) is 2.72. The number of benzene rings is 2. The second-order valence-electron chi connectivity index (χ2n) is 8.56. The molecule has 2 heteroatoms. The molecule has 0 amide bonds. The van der Waals surface area contributed by atoms with Crippen LogP contribution in [0.25, 0.3) is 10.8 Å². The minimum absolute atomic E-state index is 0.115. The highest BCUT2D eigenvalue weighted by Gasteiger charge is 2.22. The minimum atomic E-state index is -0.115. The molecule has 0 aliphatic heterocycles. The van der Waals surface area contributed by atoms with E-state index in [1.807, 2.05) is 12.1 Å². The van der Waals surface area contributed by atoms with Crippen LogP contribution in [-0.2, 0) is 4.79 Å². The van der Waals surface area contributed by atoms with Gasteiger partial charge in [-0.3, -0.25) is 4.79 Å². The van der Waals surface area contributed by atoms with Crippen LogP contribution in [0.15, 0.2) is 36.4 Å². The summed E-state index contributed by atoms with van der Waals surface area (Å²) in [5, 5.41) is 2.40. The van der Waals surface area contributed by atoms with Crippen molar-refractivity contribution < 1.29 is 9.53 Å². The molecule has 1 fully saturated rings. The number of carbonyl (C=O) groups excluding carboxylic acids is 1. The molecule has 2 aromatic rings. The molecule has 0 spiro atoms. The van der Waals surface area contributed by atoms with Crippen LogP contribution in [0.4, 0.5) is 0 Å². The van der Waals surface area contributed by atoms with Gasteiger partial charge >= 0.3 is 5.97 Å². The van der Waals surface area contributed by atoms with Crippen molar-refractivity contribution in [1.29, 1.82) is 0 Å². The highest BCUT2D eigenvalue weighted by molar-refractivity contribution is 5.85. The highest BCUT2D eigenvalue weighted by atomic mass is 16.5. The van der Waals surface area contributed by atoms with E-state index in [9.17, 15) is 4.79 Å². The summed E-state index contributed by atoms with van der Waals surface area (Å²) in [6.07, 6.45) is 13.0. The molecule has 3 rings (SSSR count). The number of hydrogen-bond donors (Lipinski definition) is 0. The molecule has 0 heterocycles. The van der Waals surface area contributed by atoms with Crippen molar-refractivity contribution in [2.45, 2.75) is 90.4 Å². The van der Waals surface area contributed by atoms with Gasteiger partial charge in [0, 0.05) is 6.42 Å². The van der Waals surface area contributed by atoms with Gasteiger partial charge in [0.1, 0.15) is 5.75 Å². The maximum atomic E-state index is 12.0. The molecule has 1 aliphatic rings. The lowest BCUT2D eigenvalue weighted by Gasteiger charge is -2.28. The average molecular weight is 381 g/mol. The largest absolute Gasteiger partial charge is 0.427 e. The van der Waals surface area contributed by atoms with E-state index in [4.69, 9.17) is 4.74 Å². The highest BCUT2D eigenvalue weighted by Crippen LogP contribution is 2.38. The lowest BCUT2D eigenvalue weighted by Crippen LogP contribution is -2.13. The van der Waals surface area contributed by atoms with Crippen molar-refractivity contribution in [2.75, 3.05) is 0 Å². The Morgan fingerprint density at radius 2 is 1.64 bits per heavy atom. The SMILES string of the molecule is CCCCCCC(=O)Oc1ccc2cc([C@H]3CC[C@H](CCC)CC3)ccc2c1. The number of carbonyl (C=O) groups is 1. The van der Waals surface area contributed by atoms with E-state index in [-0.39, 0.29) is 5.97 Å². The van der Waals surface area contributed by atoms with Crippen LogP contribution < -0.4 is 4.74 Å². The zero-order valence-electron chi connectivity index (χ0n) is 17.7. The first kappa shape index (κ1) is 20.9. The Morgan fingerprint density at radius 1 is 0.893 bits per heavy atom. The van der Waals surface area contributed by atoms with Crippen molar-refractivity contribution >= 4 is 16.7 Å². The molecule has 0 radical (unpaired) electrons.